The van der Waals surface area contributed by atoms with Gasteiger partial charge in [0.05, 0.1) is 20.5 Å². The average molecular weight is 498 g/mol. The normalized spacial score (nSPS) is 11.5. The van der Waals surface area contributed by atoms with E-state index in [-0.39, 0.29) is 32.1 Å². The molecule has 32 heavy (non-hydrogen) atoms. The van der Waals surface area contributed by atoms with Crippen LogP contribution >= 0.6 is 35.0 Å². The molecule has 1 aromatic heterocycles. The first-order chi connectivity index (χ1) is 15.1. The molecule has 3 N–H and O–H groups in total. The summed E-state index contributed by atoms with van der Waals surface area (Å²) in [6.45, 7) is 0. The van der Waals surface area contributed by atoms with Crippen molar-refractivity contribution < 1.29 is 18.0 Å². The van der Waals surface area contributed by atoms with E-state index in [0.29, 0.717) is 17.8 Å². The van der Waals surface area contributed by atoms with Crippen LogP contribution in [0, 0.1) is 11.3 Å². The highest BCUT2D eigenvalue weighted by Gasteiger charge is 2.32. The van der Waals surface area contributed by atoms with Crippen molar-refractivity contribution in [1.82, 2.24) is 9.78 Å². The maximum atomic E-state index is 13.0. The number of hydrogen-bond acceptors (Lipinski definition) is 5. The Bertz CT molecular complexity index is 1210. The van der Waals surface area contributed by atoms with Crippen molar-refractivity contribution in [1.29, 1.82) is 5.26 Å². The fourth-order valence-corrected chi connectivity index (χ4v) is 3.96. The topological polar surface area (TPSA) is 96.7 Å². The average Bonchev–Trinajstić information content (AvgIpc) is 3.03. The van der Waals surface area contributed by atoms with Gasteiger partial charge in [-0.25, -0.2) is 4.68 Å². The van der Waals surface area contributed by atoms with Gasteiger partial charge in [0, 0.05) is 11.8 Å². The summed E-state index contributed by atoms with van der Waals surface area (Å²) in [6.07, 6.45) is -3.42. The van der Waals surface area contributed by atoms with Gasteiger partial charge in [-0.1, -0.05) is 53.2 Å². The van der Waals surface area contributed by atoms with Crippen LogP contribution in [-0.2, 0) is 11.0 Å². The van der Waals surface area contributed by atoms with Crippen LogP contribution in [0.15, 0.2) is 58.8 Å². The lowest BCUT2D eigenvalue weighted by Crippen LogP contribution is -2.08. The summed E-state index contributed by atoms with van der Waals surface area (Å²) in [6, 6.07) is 12.0. The molecule has 12 heteroatoms. The highest BCUT2D eigenvalue weighted by Crippen LogP contribution is 2.40. The molecule has 0 spiro atoms. The fourth-order valence-electron chi connectivity index (χ4n) is 2.58. The lowest BCUT2D eigenvalue weighted by atomic mass is 10.2. The zero-order chi connectivity index (χ0) is 23.5. The number of hydrogen-bond donors (Lipinski definition) is 2. The first kappa shape index (κ1) is 23.5. The maximum absolute atomic E-state index is 13.0. The van der Waals surface area contributed by atoms with E-state index in [9.17, 15) is 23.2 Å². The minimum atomic E-state index is -4.65. The van der Waals surface area contributed by atoms with E-state index < -0.39 is 17.6 Å². The van der Waals surface area contributed by atoms with Gasteiger partial charge >= 0.3 is 6.18 Å². The van der Waals surface area contributed by atoms with Crippen molar-refractivity contribution in [2.75, 3.05) is 11.1 Å². The van der Waals surface area contributed by atoms with Crippen LogP contribution in [-0.4, -0.2) is 15.7 Å². The molecule has 0 aliphatic heterocycles. The quantitative estimate of drug-likeness (QED) is 0.338. The van der Waals surface area contributed by atoms with Gasteiger partial charge in [-0.15, -0.1) is 0 Å². The molecule has 0 fully saturated rings. The summed E-state index contributed by atoms with van der Waals surface area (Å²) in [5.41, 5.74) is 5.41. The maximum Gasteiger partial charge on any atom is 0.416 e. The number of anilines is 2. The molecule has 0 aliphatic rings. The lowest BCUT2D eigenvalue weighted by molar-refractivity contribution is -0.137. The predicted molar refractivity (Wildman–Crippen MR) is 118 cm³/mol. The number of nitrogens with one attached hydrogen (secondary N) is 1. The summed E-state index contributed by atoms with van der Waals surface area (Å²) < 4.78 is 39.9. The van der Waals surface area contributed by atoms with Crippen LogP contribution in [0.5, 0.6) is 0 Å². The van der Waals surface area contributed by atoms with Crippen molar-refractivity contribution in [2.45, 2.75) is 11.1 Å². The van der Waals surface area contributed by atoms with E-state index in [1.165, 1.54) is 11.5 Å². The number of carbonyl (C=O) groups is 1. The Morgan fingerprint density at radius 1 is 1.22 bits per heavy atom. The van der Waals surface area contributed by atoms with Crippen molar-refractivity contribution >= 4 is 52.4 Å². The Morgan fingerprint density at radius 3 is 2.41 bits per heavy atom. The molecule has 0 unspecified atom stereocenters. The van der Waals surface area contributed by atoms with Crippen LogP contribution in [0.1, 0.15) is 11.3 Å². The van der Waals surface area contributed by atoms with Gasteiger partial charge in [0.25, 0.3) is 0 Å². The number of amides is 1. The highest BCUT2D eigenvalue weighted by atomic mass is 35.5. The molecule has 3 aromatic rings. The molecule has 6 nitrogen and oxygen atoms in total. The number of benzene rings is 2. The Labute approximate surface area is 194 Å². The van der Waals surface area contributed by atoms with E-state index in [1.54, 1.807) is 30.3 Å². The Balaban J connectivity index is 1.88. The Hall–Kier alpha value is -3.13. The van der Waals surface area contributed by atoms with E-state index in [0.717, 1.165) is 16.4 Å². The van der Waals surface area contributed by atoms with E-state index in [2.05, 4.69) is 10.4 Å². The number of aromatic nitrogens is 2. The smallest absolute Gasteiger partial charge is 0.383 e. The molecule has 164 valence electrons. The zero-order valence-corrected chi connectivity index (χ0v) is 18.1. The second-order valence-electron chi connectivity index (χ2n) is 6.15. The van der Waals surface area contributed by atoms with Gasteiger partial charge in [0.15, 0.2) is 5.69 Å². The van der Waals surface area contributed by atoms with Gasteiger partial charge in [0.2, 0.25) is 5.91 Å². The van der Waals surface area contributed by atoms with Gasteiger partial charge < -0.3 is 11.1 Å². The molecule has 1 heterocycles. The third kappa shape index (κ3) is 5.19. The third-order valence-corrected chi connectivity index (χ3v) is 5.47. The number of nitrogen functional groups attached to an aromatic ring is 1. The van der Waals surface area contributed by atoms with Crippen LogP contribution < -0.4 is 11.1 Å². The number of rotatable bonds is 5. The Morgan fingerprint density at radius 2 is 1.84 bits per heavy atom. The van der Waals surface area contributed by atoms with Crippen LogP contribution in [0.3, 0.4) is 0 Å². The minimum Gasteiger partial charge on any atom is -0.383 e. The standard InChI is InChI=1S/C20H12Cl2F3N5OS/c21-13-8-11(20(23,24)25)9-14(22)17(13)30-19(27)18(15(10-26)29-30)32-7-6-16(31)28-12-4-2-1-3-5-12/h1-9H,27H2,(H,28,31)/b7-6+. The number of halogens is 5. The molecular formula is C20H12Cl2F3N5OS. The molecule has 1 amide bonds. The molecule has 0 atom stereocenters. The zero-order valence-electron chi connectivity index (χ0n) is 15.8. The van der Waals surface area contributed by atoms with Crippen molar-refractivity contribution in [3.8, 4) is 11.8 Å². The van der Waals surface area contributed by atoms with Crippen molar-refractivity contribution in [2.24, 2.45) is 0 Å². The molecule has 0 bridgehead atoms. The molecular weight excluding hydrogens is 486 g/mol. The second kappa shape index (κ2) is 9.56. The van der Waals surface area contributed by atoms with E-state index in [1.807, 2.05) is 6.07 Å². The Kier molecular flexibility index (Phi) is 7.03. The third-order valence-electron chi connectivity index (χ3n) is 3.98. The number of alkyl halides is 3. The first-order valence-corrected chi connectivity index (χ1v) is 10.3. The molecule has 3 rings (SSSR count). The SMILES string of the molecule is N#Cc1nn(-c2c(Cl)cc(C(F)(F)F)cc2Cl)c(N)c1S/C=C/C(=O)Nc1ccccc1. The number of para-hydroxylation sites is 1. The summed E-state index contributed by atoms with van der Waals surface area (Å²) in [4.78, 5) is 12.2. The van der Waals surface area contributed by atoms with Gasteiger partial charge in [0.1, 0.15) is 17.6 Å². The second-order valence-corrected chi connectivity index (χ2v) is 7.88. The van der Waals surface area contributed by atoms with Crippen molar-refractivity contribution in [3.63, 3.8) is 0 Å². The molecule has 0 saturated heterocycles. The van der Waals surface area contributed by atoms with Gasteiger partial charge in [-0.2, -0.15) is 23.5 Å². The van der Waals surface area contributed by atoms with Crippen molar-refractivity contribution in [3.05, 3.63) is 75.3 Å². The summed E-state index contributed by atoms with van der Waals surface area (Å²) in [5.74, 6) is -0.495. The van der Waals surface area contributed by atoms with Gasteiger partial charge in [-0.05, 0) is 29.7 Å². The molecule has 2 aromatic carbocycles. The van der Waals surface area contributed by atoms with Crippen LogP contribution in [0.4, 0.5) is 24.7 Å². The lowest BCUT2D eigenvalue weighted by Gasteiger charge is -2.13. The van der Waals surface area contributed by atoms with Crippen LogP contribution in [0.25, 0.3) is 5.69 Å². The number of nitriles is 1. The van der Waals surface area contributed by atoms with Crippen LogP contribution in [0.2, 0.25) is 10.0 Å². The van der Waals surface area contributed by atoms with Gasteiger partial charge in [-0.3, -0.25) is 4.79 Å². The first-order valence-electron chi connectivity index (χ1n) is 8.66. The summed E-state index contributed by atoms with van der Waals surface area (Å²) in [7, 11) is 0. The fraction of sp³-hybridized carbons (Fsp3) is 0.0500. The predicted octanol–water partition coefficient (Wildman–Crippen LogP) is 5.90. The highest BCUT2D eigenvalue weighted by molar-refractivity contribution is 8.02. The monoisotopic (exact) mass is 497 g/mol. The molecule has 0 saturated carbocycles. The number of nitrogens with two attached hydrogens (primary N) is 1. The van der Waals surface area contributed by atoms with E-state index in [4.69, 9.17) is 28.9 Å². The minimum absolute atomic E-state index is 0.0803. The number of thioether (sulfide) groups is 1. The number of carbonyl (C=O) groups excluding carboxylic acids is 1. The number of nitrogens with zero attached hydrogens (tertiary/aromatic N) is 3. The molecule has 0 aliphatic carbocycles. The largest absolute Gasteiger partial charge is 0.416 e. The summed E-state index contributed by atoms with van der Waals surface area (Å²) >= 11 is 13.0. The van der Waals surface area contributed by atoms with E-state index >= 15 is 0 Å². The molecule has 0 radical (unpaired) electrons. The summed E-state index contributed by atoms with van der Waals surface area (Å²) in [5, 5.41) is 16.7.